The number of fused-ring (bicyclic) bond motifs is 1. The molecule has 0 radical (unpaired) electrons. The molecule has 2 amide bonds. The van der Waals surface area contributed by atoms with Crippen molar-refractivity contribution in [3.05, 3.63) is 0 Å². The lowest BCUT2D eigenvalue weighted by Crippen LogP contribution is -2.43. The summed E-state index contributed by atoms with van der Waals surface area (Å²) in [6.45, 7) is 6.16. The molecular formula is C16H26N2O5. The number of esters is 1. The van der Waals surface area contributed by atoms with Crippen LogP contribution in [0.25, 0.3) is 0 Å². The number of nitrogens with one attached hydrogen (secondary N) is 1. The number of hydrogen-bond donors (Lipinski definition) is 2. The van der Waals surface area contributed by atoms with Gasteiger partial charge in [0.1, 0.15) is 0 Å². The van der Waals surface area contributed by atoms with Gasteiger partial charge in [-0.3, -0.25) is 9.59 Å². The van der Waals surface area contributed by atoms with Crippen molar-refractivity contribution < 1.29 is 24.2 Å². The highest BCUT2D eigenvalue weighted by atomic mass is 16.5. The van der Waals surface area contributed by atoms with Crippen molar-refractivity contribution in [2.45, 2.75) is 46.1 Å². The number of likely N-dealkylation sites (tertiary alicyclic amines) is 1. The van der Waals surface area contributed by atoms with E-state index < -0.39 is 17.3 Å². The van der Waals surface area contributed by atoms with Gasteiger partial charge in [-0.1, -0.05) is 13.3 Å². The first-order valence-corrected chi connectivity index (χ1v) is 8.23. The van der Waals surface area contributed by atoms with E-state index in [0.29, 0.717) is 13.0 Å². The Morgan fingerprint density at radius 3 is 2.61 bits per heavy atom. The van der Waals surface area contributed by atoms with E-state index in [4.69, 9.17) is 4.74 Å². The zero-order valence-electron chi connectivity index (χ0n) is 14.0. The third kappa shape index (κ3) is 3.59. The first-order valence-electron chi connectivity index (χ1n) is 8.23. The van der Waals surface area contributed by atoms with E-state index in [1.807, 2.05) is 0 Å². The quantitative estimate of drug-likeness (QED) is 0.746. The summed E-state index contributed by atoms with van der Waals surface area (Å²) < 4.78 is 5.10. The van der Waals surface area contributed by atoms with Gasteiger partial charge < -0.3 is 20.1 Å². The molecule has 2 fully saturated rings. The number of carbonyl (C=O) groups excluding carboxylic acids is 2. The maximum absolute atomic E-state index is 12.3. The summed E-state index contributed by atoms with van der Waals surface area (Å²) in [5.41, 5.74) is -0.778. The largest absolute Gasteiger partial charge is 0.481 e. The number of carbonyl (C=O) groups is 3. The van der Waals surface area contributed by atoms with Crippen LogP contribution in [0.15, 0.2) is 0 Å². The van der Waals surface area contributed by atoms with Crippen molar-refractivity contribution in [2.75, 3.05) is 19.6 Å². The zero-order chi connectivity index (χ0) is 17.2. The van der Waals surface area contributed by atoms with Crippen LogP contribution in [0.4, 0.5) is 4.79 Å². The van der Waals surface area contributed by atoms with Crippen LogP contribution in [0.1, 0.15) is 40.0 Å². The Hall–Kier alpha value is -1.79. The van der Waals surface area contributed by atoms with Gasteiger partial charge in [-0.2, -0.15) is 0 Å². The molecule has 1 saturated heterocycles. The Kier molecular flexibility index (Phi) is 5.16. The molecule has 7 heteroatoms. The van der Waals surface area contributed by atoms with Gasteiger partial charge in [-0.25, -0.2) is 4.79 Å². The van der Waals surface area contributed by atoms with Crippen LogP contribution in [0.5, 0.6) is 0 Å². The summed E-state index contributed by atoms with van der Waals surface area (Å²) in [6, 6.07) is -0.302. The topological polar surface area (TPSA) is 95.9 Å². The second-order valence-electron chi connectivity index (χ2n) is 7.00. The van der Waals surface area contributed by atoms with Crippen molar-refractivity contribution >= 4 is 18.0 Å². The van der Waals surface area contributed by atoms with Crippen LogP contribution in [0.2, 0.25) is 0 Å². The number of hydrogen-bond acceptors (Lipinski definition) is 4. The van der Waals surface area contributed by atoms with Gasteiger partial charge in [-0.05, 0) is 32.6 Å². The molecule has 0 aromatic heterocycles. The Bertz CT molecular complexity index is 493. The van der Waals surface area contributed by atoms with Crippen LogP contribution in [-0.4, -0.2) is 53.7 Å². The number of ether oxygens (including phenoxy) is 1. The molecule has 3 atom stereocenters. The molecular weight excluding hydrogens is 300 g/mol. The summed E-state index contributed by atoms with van der Waals surface area (Å²) in [5, 5.41) is 12.2. The van der Waals surface area contributed by atoms with Gasteiger partial charge in [0, 0.05) is 19.6 Å². The lowest BCUT2D eigenvalue weighted by atomic mass is 9.81. The van der Waals surface area contributed by atoms with Crippen molar-refractivity contribution in [1.29, 1.82) is 0 Å². The van der Waals surface area contributed by atoms with Gasteiger partial charge in [0.15, 0.2) is 0 Å². The highest BCUT2D eigenvalue weighted by Crippen LogP contribution is 2.48. The van der Waals surface area contributed by atoms with E-state index in [0.717, 1.165) is 12.8 Å². The molecule has 7 nitrogen and oxygen atoms in total. The average molecular weight is 326 g/mol. The summed E-state index contributed by atoms with van der Waals surface area (Å²) in [4.78, 5) is 37.2. The van der Waals surface area contributed by atoms with Crippen LogP contribution in [-0.2, 0) is 14.3 Å². The molecule has 1 aliphatic heterocycles. The highest BCUT2D eigenvalue weighted by molar-refractivity contribution is 5.81. The Balaban J connectivity index is 1.86. The maximum Gasteiger partial charge on any atom is 0.317 e. The Morgan fingerprint density at radius 1 is 1.35 bits per heavy atom. The minimum absolute atomic E-state index is 0.0362. The second kappa shape index (κ2) is 6.76. The third-order valence-corrected chi connectivity index (χ3v) is 4.90. The lowest BCUT2D eigenvalue weighted by molar-refractivity contribution is -0.151. The van der Waals surface area contributed by atoms with Gasteiger partial charge in [0.05, 0.1) is 17.4 Å². The molecule has 1 heterocycles. The van der Waals surface area contributed by atoms with Gasteiger partial charge in [0.2, 0.25) is 0 Å². The molecule has 0 aromatic rings. The van der Waals surface area contributed by atoms with E-state index >= 15 is 0 Å². The van der Waals surface area contributed by atoms with E-state index in [-0.39, 0.29) is 37.1 Å². The van der Waals surface area contributed by atoms with Crippen LogP contribution in [0, 0.1) is 17.3 Å². The van der Waals surface area contributed by atoms with E-state index in [9.17, 15) is 19.5 Å². The molecule has 0 bridgehead atoms. The summed E-state index contributed by atoms with van der Waals surface area (Å²) in [7, 11) is 0. The molecule has 2 N–H and O–H groups in total. The molecule has 1 aliphatic carbocycles. The first kappa shape index (κ1) is 17.6. The van der Waals surface area contributed by atoms with Gasteiger partial charge in [0.25, 0.3) is 0 Å². The van der Waals surface area contributed by atoms with Crippen LogP contribution < -0.4 is 5.32 Å². The number of carboxylic acid groups (broad SMARTS) is 1. The molecule has 0 aromatic carbocycles. The van der Waals surface area contributed by atoms with Crippen LogP contribution >= 0.6 is 0 Å². The normalized spacial score (nSPS) is 27.7. The fourth-order valence-corrected chi connectivity index (χ4v) is 3.58. The van der Waals surface area contributed by atoms with Crippen LogP contribution in [0.3, 0.4) is 0 Å². The molecule has 2 aliphatic rings. The SMILES string of the molecule is CC(C)OC(=O)C(C)CNC(=O)N1C[C@@H]2CCC[C@@]2(C(=O)O)C1. The summed E-state index contributed by atoms with van der Waals surface area (Å²) in [6.07, 6.45) is 2.21. The van der Waals surface area contributed by atoms with Crippen molar-refractivity contribution in [2.24, 2.45) is 17.3 Å². The predicted octanol–water partition coefficient (Wildman–Crippen LogP) is 1.47. The molecule has 1 saturated carbocycles. The number of nitrogens with zero attached hydrogens (tertiary/aromatic N) is 1. The second-order valence-corrected chi connectivity index (χ2v) is 7.00. The number of carboxylic acids is 1. The maximum atomic E-state index is 12.3. The number of amides is 2. The minimum atomic E-state index is -0.802. The number of urea groups is 1. The average Bonchev–Trinajstić information content (AvgIpc) is 3.01. The van der Waals surface area contributed by atoms with Crippen molar-refractivity contribution in [1.82, 2.24) is 10.2 Å². The Labute approximate surface area is 136 Å². The van der Waals surface area contributed by atoms with Gasteiger partial charge >= 0.3 is 18.0 Å². The Morgan fingerprint density at radius 2 is 2.04 bits per heavy atom. The smallest absolute Gasteiger partial charge is 0.317 e. The van der Waals surface area contributed by atoms with Crippen molar-refractivity contribution in [3.8, 4) is 0 Å². The highest BCUT2D eigenvalue weighted by Gasteiger charge is 2.55. The van der Waals surface area contributed by atoms with Crippen molar-refractivity contribution in [3.63, 3.8) is 0 Å². The number of aliphatic carboxylic acids is 1. The zero-order valence-corrected chi connectivity index (χ0v) is 14.0. The third-order valence-electron chi connectivity index (χ3n) is 4.90. The van der Waals surface area contributed by atoms with Gasteiger partial charge in [-0.15, -0.1) is 0 Å². The van der Waals surface area contributed by atoms with E-state index in [1.165, 1.54) is 0 Å². The molecule has 0 spiro atoms. The fraction of sp³-hybridized carbons (Fsp3) is 0.812. The standard InChI is InChI=1S/C16H26N2O5/c1-10(2)23-13(19)11(3)7-17-15(22)18-8-12-5-4-6-16(12,9-18)14(20)21/h10-12H,4-9H2,1-3H3,(H,17,22)(H,20,21)/t11?,12-,16+/m0/s1. The molecule has 130 valence electrons. The summed E-state index contributed by atoms with van der Waals surface area (Å²) >= 11 is 0. The predicted molar refractivity (Wildman–Crippen MR) is 82.8 cm³/mol. The molecule has 23 heavy (non-hydrogen) atoms. The lowest BCUT2D eigenvalue weighted by Gasteiger charge is -2.23. The molecule has 1 unspecified atom stereocenters. The monoisotopic (exact) mass is 326 g/mol. The fourth-order valence-electron chi connectivity index (χ4n) is 3.58. The first-order chi connectivity index (χ1) is 10.8. The summed E-state index contributed by atoms with van der Waals surface area (Å²) in [5.74, 6) is -1.55. The van der Waals surface area contributed by atoms with E-state index in [1.54, 1.807) is 25.7 Å². The molecule has 2 rings (SSSR count). The minimum Gasteiger partial charge on any atom is -0.481 e. The number of rotatable bonds is 5. The van der Waals surface area contributed by atoms with E-state index in [2.05, 4.69) is 5.32 Å².